The lowest BCUT2D eigenvalue weighted by atomic mass is 9.95. The first-order chi connectivity index (χ1) is 13.4. The number of carbonyl (C=O) groups excluding carboxylic acids is 2. The molecule has 1 heterocycles. The summed E-state index contributed by atoms with van der Waals surface area (Å²) in [5.41, 5.74) is 0.646. The molecule has 28 heavy (non-hydrogen) atoms. The highest BCUT2D eigenvalue weighted by atomic mass is 32.2. The van der Waals surface area contributed by atoms with Crippen molar-refractivity contribution in [3.63, 3.8) is 0 Å². The van der Waals surface area contributed by atoms with Crippen LogP contribution in [0.2, 0.25) is 0 Å². The van der Waals surface area contributed by atoms with Crippen LogP contribution < -0.4 is 5.32 Å². The van der Waals surface area contributed by atoms with Crippen molar-refractivity contribution in [2.45, 2.75) is 22.2 Å². The molecule has 0 amide bonds. The summed E-state index contributed by atoms with van der Waals surface area (Å²) in [5, 5.41) is 1.75. The molecule has 1 fully saturated rings. The maximum Gasteiger partial charge on any atom is 0.323 e. The molecule has 0 bridgehead atoms. The van der Waals surface area contributed by atoms with Gasteiger partial charge in [-0.2, -0.15) is 0 Å². The minimum absolute atomic E-state index is 0.0714. The van der Waals surface area contributed by atoms with Crippen LogP contribution in [-0.4, -0.2) is 45.9 Å². The van der Waals surface area contributed by atoms with Crippen molar-refractivity contribution in [1.82, 2.24) is 5.32 Å². The third-order valence-corrected chi connectivity index (χ3v) is 7.13. The summed E-state index contributed by atoms with van der Waals surface area (Å²) in [5.74, 6) is -2.76. The van der Waals surface area contributed by atoms with E-state index in [0.29, 0.717) is 5.56 Å². The van der Waals surface area contributed by atoms with Crippen molar-refractivity contribution in [3.8, 4) is 0 Å². The van der Waals surface area contributed by atoms with Crippen LogP contribution in [0, 0.1) is 5.92 Å². The normalized spacial score (nSPS) is 24.5. The first-order valence-corrected chi connectivity index (χ1v) is 10.2. The zero-order chi connectivity index (χ0) is 20.3. The van der Waals surface area contributed by atoms with Gasteiger partial charge in [0.05, 0.1) is 25.2 Å². The van der Waals surface area contributed by atoms with E-state index in [2.05, 4.69) is 5.32 Å². The molecule has 1 aliphatic rings. The summed E-state index contributed by atoms with van der Waals surface area (Å²) in [6.07, 6.45) is 0. The summed E-state index contributed by atoms with van der Waals surface area (Å²) in [6, 6.07) is 14.8. The Morgan fingerprint density at radius 1 is 0.857 bits per heavy atom. The van der Waals surface area contributed by atoms with E-state index in [4.69, 9.17) is 9.47 Å². The minimum atomic E-state index is -3.99. The molecule has 2 aromatic rings. The number of hydrogen-bond acceptors (Lipinski definition) is 7. The molecule has 0 unspecified atom stereocenters. The lowest BCUT2D eigenvalue weighted by Gasteiger charge is -2.23. The van der Waals surface area contributed by atoms with Crippen molar-refractivity contribution in [2.24, 2.45) is 5.92 Å². The van der Waals surface area contributed by atoms with Gasteiger partial charge in [0.1, 0.15) is 17.2 Å². The monoisotopic (exact) mass is 403 g/mol. The van der Waals surface area contributed by atoms with Crippen LogP contribution in [0.5, 0.6) is 0 Å². The molecule has 0 aromatic heterocycles. The number of carbonyl (C=O) groups is 2. The molecule has 4 atom stereocenters. The van der Waals surface area contributed by atoms with Crippen molar-refractivity contribution in [2.75, 3.05) is 14.2 Å². The highest BCUT2D eigenvalue weighted by Crippen LogP contribution is 2.40. The van der Waals surface area contributed by atoms with E-state index >= 15 is 0 Å². The summed E-state index contributed by atoms with van der Waals surface area (Å²) >= 11 is 0. The van der Waals surface area contributed by atoms with Crippen LogP contribution in [0.25, 0.3) is 0 Å². The van der Waals surface area contributed by atoms with Gasteiger partial charge in [0, 0.05) is 0 Å². The molecule has 0 radical (unpaired) electrons. The second-order valence-corrected chi connectivity index (χ2v) is 8.53. The van der Waals surface area contributed by atoms with Crippen molar-refractivity contribution in [1.29, 1.82) is 0 Å². The Hall–Kier alpha value is -2.71. The molecular formula is C20H21NO6S. The Balaban J connectivity index is 2.18. The van der Waals surface area contributed by atoms with E-state index < -0.39 is 45.0 Å². The smallest absolute Gasteiger partial charge is 0.323 e. The maximum absolute atomic E-state index is 13.5. The number of nitrogens with one attached hydrogen (secondary N) is 1. The van der Waals surface area contributed by atoms with Gasteiger partial charge in [0.15, 0.2) is 9.84 Å². The van der Waals surface area contributed by atoms with Crippen LogP contribution >= 0.6 is 0 Å². The number of ether oxygens (including phenoxy) is 2. The van der Waals surface area contributed by atoms with E-state index in [1.54, 1.807) is 48.5 Å². The van der Waals surface area contributed by atoms with Gasteiger partial charge in [-0.1, -0.05) is 48.5 Å². The van der Waals surface area contributed by atoms with Gasteiger partial charge in [0.25, 0.3) is 0 Å². The zero-order valence-corrected chi connectivity index (χ0v) is 16.3. The SMILES string of the molecule is COC(=O)[C@@H]1[C@H](S(=O)(=O)c2ccccc2)[C@@H](c2ccccc2)N[C@H]1C(=O)OC. The molecular weight excluding hydrogens is 382 g/mol. The van der Waals surface area contributed by atoms with E-state index in [0.717, 1.165) is 0 Å². The Morgan fingerprint density at radius 3 is 1.93 bits per heavy atom. The molecule has 3 rings (SSSR count). The molecule has 0 aliphatic carbocycles. The molecule has 1 aliphatic heterocycles. The van der Waals surface area contributed by atoms with Gasteiger partial charge in [-0.05, 0) is 17.7 Å². The molecule has 7 nitrogen and oxygen atoms in total. The van der Waals surface area contributed by atoms with E-state index in [1.165, 1.54) is 26.4 Å². The van der Waals surface area contributed by atoms with Gasteiger partial charge >= 0.3 is 11.9 Å². The summed E-state index contributed by atoms with van der Waals surface area (Å²) in [4.78, 5) is 25.0. The molecule has 0 saturated carbocycles. The Kier molecular flexibility index (Phi) is 5.81. The highest BCUT2D eigenvalue weighted by Gasteiger charge is 2.57. The summed E-state index contributed by atoms with van der Waals surface area (Å²) in [7, 11) is -1.63. The second-order valence-electron chi connectivity index (χ2n) is 6.43. The number of esters is 2. The van der Waals surface area contributed by atoms with Gasteiger partial charge < -0.3 is 9.47 Å². The zero-order valence-electron chi connectivity index (χ0n) is 15.4. The van der Waals surface area contributed by atoms with Crippen molar-refractivity contribution in [3.05, 3.63) is 66.2 Å². The summed E-state index contributed by atoms with van der Waals surface area (Å²) in [6.45, 7) is 0. The first kappa shape index (κ1) is 20.0. The van der Waals surface area contributed by atoms with Crippen LogP contribution in [0.1, 0.15) is 11.6 Å². The Bertz CT molecular complexity index is 945. The van der Waals surface area contributed by atoms with Crippen molar-refractivity contribution < 1.29 is 27.5 Å². The topological polar surface area (TPSA) is 98.8 Å². The second kappa shape index (κ2) is 8.12. The maximum atomic E-state index is 13.5. The third kappa shape index (κ3) is 3.53. The molecule has 148 valence electrons. The largest absolute Gasteiger partial charge is 0.469 e. The molecule has 0 spiro atoms. The molecule has 2 aromatic carbocycles. The number of benzene rings is 2. The van der Waals surface area contributed by atoms with E-state index in [9.17, 15) is 18.0 Å². The minimum Gasteiger partial charge on any atom is -0.469 e. The van der Waals surface area contributed by atoms with E-state index in [-0.39, 0.29) is 4.90 Å². The predicted molar refractivity (Wildman–Crippen MR) is 101 cm³/mol. The number of methoxy groups -OCH3 is 2. The average Bonchev–Trinajstić information content (AvgIpc) is 3.15. The van der Waals surface area contributed by atoms with Crippen molar-refractivity contribution >= 4 is 21.8 Å². The number of rotatable bonds is 5. The number of sulfone groups is 1. The lowest BCUT2D eigenvalue weighted by molar-refractivity contribution is -0.153. The molecule has 1 N–H and O–H groups in total. The third-order valence-electron chi connectivity index (χ3n) is 4.92. The standard InChI is InChI=1S/C20H21NO6S/c1-26-19(22)15-17(20(23)27-2)21-16(13-9-5-3-6-10-13)18(15)28(24,25)14-11-7-4-8-12-14/h3-12,15-18,21H,1-2H3/t15-,16+,17+,18-/m0/s1. The van der Waals surface area contributed by atoms with Crippen LogP contribution in [0.4, 0.5) is 0 Å². The van der Waals surface area contributed by atoms with Gasteiger partial charge in [0.2, 0.25) is 0 Å². The fourth-order valence-electron chi connectivity index (χ4n) is 3.62. The van der Waals surface area contributed by atoms with Gasteiger partial charge in [-0.3, -0.25) is 14.9 Å². The van der Waals surface area contributed by atoms with Crippen LogP contribution in [0.3, 0.4) is 0 Å². The Morgan fingerprint density at radius 2 is 1.39 bits per heavy atom. The van der Waals surface area contributed by atoms with E-state index in [1.807, 2.05) is 0 Å². The van der Waals surface area contributed by atoms with Gasteiger partial charge in [-0.25, -0.2) is 8.42 Å². The highest BCUT2D eigenvalue weighted by molar-refractivity contribution is 7.92. The fourth-order valence-corrected chi connectivity index (χ4v) is 5.72. The first-order valence-electron chi connectivity index (χ1n) is 8.67. The van der Waals surface area contributed by atoms with Crippen LogP contribution in [0.15, 0.2) is 65.6 Å². The summed E-state index contributed by atoms with van der Waals surface area (Å²) < 4.78 is 36.7. The quantitative estimate of drug-likeness (QED) is 0.756. The Labute approximate surface area is 163 Å². The average molecular weight is 403 g/mol. The molecule has 8 heteroatoms. The number of hydrogen-bond donors (Lipinski definition) is 1. The lowest BCUT2D eigenvalue weighted by Crippen LogP contribution is -2.43. The molecule has 1 saturated heterocycles. The predicted octanol–water partition coefficient (Wildman–Crippen LogP) is 1.50. The fraction of sp³-hybridized carbons (Fsp3) is 0.300. The van der Waals surface area contributed by atoms with Crippen LogP contribution in [-0.2, 0) is 28.9 Å². The van der Waals surface area contributed by atoms with Gasteiger partial charge in [-0.15, -0.1) is 0 Å².